The van der Waals surface area contributed by atoms with Gasteiger partial charge in [0.05, 0.1) is 6.10 Å². The lowest BCUT2D eigenvalue weighted by molar-refractivity contribution is 0.110. The monoisotopic (exact) mass is 255 g/mol. The van der Waals surface area contributed by atoms with Gasteiger partial charge in [-0.3, -0.25) is 4.98 Å². The molecule has 3 heteroatoms. The van der Waals surface area contributed by atoms with Gasteiger partial charge in [0.1, 0.15) is 0 Å². The molecular formula is C11H14BrNO. The maximum atomic E-state index is 5.61. The van der Waals surface area contributed by atoms with Crippen molar-refractivity contribution in [3.8, 4) is 0 Å². The number of nitrogens with zero attached hydrogens (tertiary/aromatic N) is 1. The minimum Gasteiger partial charge on any atom is -0.377 e. The predicted molar refractivity (Wildman–Crippen MR) is 59.6 cm³/mol. The number of alkyl halides is 1. The minimum atomic E-state index is 0.372. The molecule has 1 aromatic rings. The van der Waals surface area contributed by atoms with Crippen LogP contribution in [0.5, 0.6) is 0 Å². The number of hydrogen-bond donors (Lipinski definition) is 0. The summed E-state index contributed by atoms with van der Waals surface area (Å²) in [4.78, 5) is 4.71. The van der Waals surface area contributed by atoms with Crippen molar-refractivity contribution in [2.75, 3.05) is 6.61 Å². The van der Waals surface area contributed by atoms with Crippen molar-refractivity contribution in [1.29, 1.82) is 0 Å². The summed E-state index contributed by atoms with van der Waals surface area (Å²) in [7, 11) is 0. The zero-order valence-electron chi connectivity index (χ0n) is 8.03. The summed E-state index contributed by atoms with van der Waals surface area (Å²) < 4.78 is 5.61. The van der Waals surface area contributed by atoms with Gasteiger partial charge in [-0.25, -0.2) is 0 Å². The van der Waals surface area contributed by atoms with Gasteiger partial charge >= 0.3 is 0 Å². The fourth-order valence-electron chi connectivity index (χ4n) is 1.74. The third-order valence-corrected chi connectivity index (χ3v) is 3.41. The van der Waals surface area contributed by atoms with E-state index in [9.17, 15) is 0 Å². The van der Waals surface area contributed by atoms with Gasteiger partial charge in [0.25, 0.3) is 0 Å². The molecule has 0 spiro atoms. The first-order valence-electron chi connectivity index (χ1n) is 5.02. The van der Waals surface area contributed by atoms with Crippen LogP contribution < -0.4 is 0 Å². The molecule has 2 rings (SSSR count). The third kappa shape index (κ3) is 2.55. The van der Waals surface area contributed by atoms with Crippen molar-refractivity contribution in [2.24, 2.45) is 0 Å². The maximum Gasteiger partial charge on any atom is 0.0704 e. The SMILES string of the molecule is BrC(Cc1ccccn1)C1CCCO1. The van der Waals surface area contributed by atoms with Crippen LogP contribution in [-0.4, -0.2) is 22.5 Å². The molecule has 1 aliphatic heterocycles. The van der Waals surface area contributed by atoms with Crippen molar-refractivity contribution < 1.29 is 4.74 Å². The van der Waals surface area contributed by atoms with Gasteiger partial charge in [-0.2, -0.15) is 0 Å². The van der Waals surface area contributed by atoms with Crippen LogP contribution in [0.15, 0.2) is 24.4 Å². The second kappa shape index (κ2) is 4.89. The van der Waals surface area contributed by atoms with E-state index in [0.717, 1.165) is 18.7 Å². The predicted octanol–water partition coefficient (Wildman–Crippen LogP) is 2.57. The van der Waals surface area contributed by atoms with E-state index in [1.54, 1.807) is 0 Å². The van der Waals surface area contributed by atoms with E-state index in [-0.39, 0.29) is 0 Å². The number of ether oxygens (including phenoxy) is 1. The first-order valence-corrected chi connectivity index (χ1v) is 5.93. The maximum absolute atomic E-state index is 5.61. The summed E-state index contributed by atoms with van der Waals surface area (Å²) in [6.45, 7) is 0.912. The average Bonchev–Trinajstić information content (AvgIpc) is 2.72. The number of aromatic nitrogens is 1. The third-order valence-electron chi connectivity index (χ3n) is 2.50. The molecule has 2 unspecified atom stereocenters. The molecule has 76 valence electrons. The molecule has 0 radical (unpaired) electrons. The zero-order chi connectivity index (χ0) is 9.80. The van der Waals surface area contributed by atoms with Gasteiger partial charge in [-0.05, 0) is 25.0 Å². The van der Waals surface area contributed by atoms with Gasteiger partial charge in [0.2, 0.25) is 0 Å². The van der Waals surface area contributed by atoms with Gasteiger partial charge in [-0.1, -0.05) is 22.0 Å². The first kappa shape index (κ1) is 10.1. The molecule has 2 nitrogen and oxygen atoms in total. The van der Waals surface area contributed by atoms with Crippen molar-refractivity contribution in [2.45, 2.75) is 30.2 Å². The lowest BCUT2D eigenvalue weighted by Crippen LogP contribution is -2.21. The topological polar surface area (TPSA) is 22.1 Å². The quantitative estimate of drug-likeness (QED) is 0.775. The van der Waals surface area contributed by atoms with E-state index in [4.69, 9.17) is 4.74 Å². The Kier molecular flexibility index (Phi) is 3.54. The fourth-order valence-corrected chi connectivity index (χ4v) is 2.49. The average molecular weight is 256 g/mol. The largest absolute Gasteiger partial charge is 0.377 e. The number of hydrogen-bond acceptors (Lipinski definition) is 2. The molecule has 1 aliphatic rings. The summed E-state index contributed by atoms with van der Waals surface area (Å²) in [6.07, 6.45) is 5.52. The Bertz CT molecular complexity index is 272. The van der Waals surface area contributed by atoms with Crippen LogP contribution in [0.1, 0.15) is 18.5 Å². The molecule has 0 N–H and O–H groups in total. The van der Waals surface area contributed by atoms with Crippen LogP contribution >= 0.6 is 15.9 Å². The highest BCUT2D eigenvalue weighted by Gasteiger charge is 2.23. The van der Waals surface area contributed by atoms with Crippen LogP contribution in [0.4, 0.5) is 0 Å². The molecule has 0 aliphatic carbocycles. The normalized spacial score (nSPS) is 23.6. The summed E-state index contributed by atoms with van der Waals surface area (Å²) in [6, 6.07) is 6.03. The highest BCUT2D eigenvalue weighted by molar-refractivity contribution is 9.09. The molecule has 0 saturated carbocycles. The van der Waals surface area contributed by atoms with Crippen molar-refractivity contribution in [3.05, 3.63) is 30.1 Å². The van der Waals surface area contributed by atoms with E-state index in [1.165, 1.54) is 12.8 Å². The smallest absolute Gasteiger partial charge is 0.0704 e. The van der Waals surface area contributed by atoms with E-state index < -0.39 is 0 Å². The highest BCUT2D eigenvalue weighted by Crippen LogP contribution is 2.23. The highest BCUT2D eigenvalue weighted by atomic mass is 79.9. The number of pyridine rings is 1. The molecule has 0 bridgehead atoms. The lowest BCUT2D eigenvalue weighted by atomic mass is 10.1. The molecule has 0 aromatic carbocycles. The summed E-state index contributed by atoms with van der Waals surface area (Å²) in [5.74, 6) is 0. The van der Waals surface area contributed by atoms with Crippen molar-refractivity contribution >= 4 is 15.9 Å². The van der Waals surface area contributed by atoms with Gasteiger partial charge in [-0.15, -0.1) is 0 Å². The van der Waals surface area contributed by atoms with E-state index in [2.05, 4.69) is 27.0 Å². The van der Waals surface area contributed by atoms with Crippen LogP contribution in [0.25, 0.3) is 0 Å². The molecular weight excluding hydrogens is 242 g/mol. The molecule has 2 atom stereocenters. The number of halogens is 1. The Morgan fingerprint density at radius 1 is 1.57 bits per heavy atom. The molecule has 1 saturated heterocycles. The minimum absolute atomic E-state index is 0.372. The van der Waals surface area contributed by atoms with Crippen LogP contribution in [0.2, 0.25) is 0 Å². The van der Waals surface area contributed by atoms with Gasteiger partial charge < -0.3 is 4.74 Å². The van der Waals surface area contributed by atoms with Gasteiger partial charge in [0.15, 0.2) is 0 Å². The Morgan fingerprint density at radius 2 is 2.50 bits per heavy atom. The summed E-state index contributed by atoms with van der Waals surface area (Å²) >= 11 is 3.68. The van der Waals surface area contributed by atoms with E-state index in [0.29, 0.717) is 10.9 Å². The Balaban J connectivity index is 1.90. The standard InChI is InChI=1S/C11H14BrNO/c12-10(11-5-3-7-14-11)8-9-4-1-2-6-13-9/h1-2,4,6,10-11H,3,5,7-8H2. The summed E-state index contributed by atoms with van der Waals surface area (Å²) in [5.41, 5.74) is 1.13. The van der Waals surface area contributed by atoms with Crippen LogP contribution in [0.3, 0.4) is 0 Å². The Labute approximate surface area is 92.8 Å². The van der Waals surface area contributed by atoms with Crippen molar-refractivity contribution in [3.63, 3.8) is 0 Å². The molecule has 0 amide bonds. The zero-order valence-corrected chi connectivity index (χ0v) is 9.61. The van der Waals surface area contributed by atoms with Crippen LogP contribution in [0, 0.1) is 0 Å². The number of rotatable bonds is 3. The Morgan fingerprint density at radius 3 is 3.14 bits per heavy atom. The second-order valence-corrected chi connectivity index (χ2v) is 4.77. The second-order valence-electron chi connectivity index (χ2n) is 3.59. The van der Waals surface area contributed by atoms with Crippen LogP contribution in [-0.2, 0) is 11.2 Å². The lowest BCUT2D eigenvalue weighted by Gasteiger charge is -2.15. The van der Waals surface area contributed by atoms with E-state index in [1.807, 2.05) is 18.3 Å². The van der Waals surface area contributed by atoms with Crippen molar-refractivity contribution in [1.82, 2.24) is 4.98 Å². The molecule has 1 fully saturated rings. The Hall–Kier alpha value is -0.410. The molecule has 1 aromatic heterocycles. The first-order chi connectivity index (χ1) is 6.86. The summed E-state index contributed by atoms with van der Waals surface area (Å²) in [5, 5.41) is 0. The fraction of sp³-hybridized carbons (Fsp3) is 0.545. The molecule has 2 heterocycles. The van der Waals surface area contributed by atoms with Gasteiger partial charge in [0, 0.05) is 29.7 Å². The molecule has 14 heavy (non-hydrogen) atoms. The van der Waals surface area contributed by atoms with E-state index >= 15 is 0 Å².